The first-order chi connectivity index (χ1) is 16.9. The topological polar surface area (TPSA) is 128 Å². The van der Waals surface area contributed by atoms with Gasteiger partial charge in [-0.2, -0.15) is 16.4 Å². The number of aliphatic imine (C=N–C) groups is 1. The van der Waals surface area contributed by atoms with Gasteiger partial charge in [0.15, 0.2) is 5.69 Å². The molecule has 5 rings (SSSR count). The van der Waals surface area contributed by atoms with E-state index in [-0.39, 0.29) is 18.3 Å². The number of amidine groups is 1. The molecule has 0 unspecified atom stereocenters. The maximum Gasteiger partial charge on any atom is 0.275 e. The molecule has 0 spiro atoms. The molecule has 1 amide bonds. The van der Waals surface area contributed by atoms with E-state index in [1.807, 2.05) is 41.6 Å². The molecule has 0 saturated carbocycles. The average molecular weight is 495 g/mol. The second kappa shape index (κ2) is 8.82. The molecule has 11 heteroatoms. The Morgan fingerprint density at radius 3 is 2.91 bits per heavy atom. The molecule has 1 aromatic carbocycles. The number of thiophene rings is 1. The fraction of sp³-hybridized carbons (Fsp3) is 0.333. The smallest absolute Gasteiger partial charge is 0.275 e. The SMILES string of the molecule is COc1cc2c(cc1C(N)=NC=N)-c1c(c(C(=O)N3CCOCC3(C)C)nn1-c1ccsc1)CO2. The molecule has 0 bridgehead atoms. The third-order valence-corrected chi connectivity index (χ3v) is 6.91. The third kappa shape index (κ3) is 3.86. The van der Waals surface area contributed by atoms with Crippen LogP contribution in [0.1, 0.15) is 35.5 Å². The molecule has 1 saturated heterocycles. The largest absolute Gasteiger partial charge is 0.496 e. The van der Waals surface area contributed by atoms with Crippen LogP contribution >= 0.6 is 11.3 Å². The highest BCUT2D eigenvalue weighted by atomic mass is 32.1. The van der Waals surface area contributed by atoms with Crippen LogP contribution in [0.25, 0.3) is 16.9 Å². The number of aromatic nitrogens is 2. The predicted octanol–water partition coefficient (Wildman–Crippen LogP) is 3.07. The number of methoxy groups -OCH3 is 1. The molecule has 0 aliphatic carbocycles. The van der Waals surface area contributed by atoms with Crippen molar-refractivity contribution in [2.45, 2.75) is 26.0 Å². The molecule has 0 radical (unpaired) electrons. The molecule has 10 nitrogen and oxygen atoms in total. The van der Waals surface area contributed by atoms with E-state index in [0.29, 0.717) is 53.6 Å². The summed E-state index contributed by atoms with van der Waals surface area (Å²) in [4.78, 5) is 19.5. The van der Waals surface area contributed by atoms with Gasteiger partial charge < -0.3 is 24.8 Å². The van der Waals surface area contributed by atoms with Crippen molar-refractivity contribution in [3.8, 4) is 28.4 Å². The summed E-state index contributed by atoms with van der Waals surface area (Å²) in [6, 6.07) is 5.51. The lowest BCUT2D eigenvalue weighted by atomic mass is 9.97. The van der Waals surface area contributed by atoms with Crippen LogP contribution in [0.15, 0.2) is 34.0 Å². The van der Waals surface area contributed by atoms with Crippen LogP contribution in [0, 0.1) is 5.41 Å². The minimum absolute atomic E-state index is 0.139. The van der Waals surface area contributed by atoms with Crippen molar-refractivity contribution in [1.82, 2.24) is 14.7 Å². The molecule has 4 heterocycles. The minimum atomic E-state index is -0.458. The molecule has 35 heavy (non-hydrogen) atoms. The zero-order valence-corrected chi connectivity index (χ0v) is 20.5. The summed E-state index contributed by atoms with van der Waals surface area (Å²) in [5.74, 6) is 1.04. The number of ether oxygens (including phenoxy) is 3. The number of hydrogen-bond donors (Lipinski definition) is 2. The number of morpholine rings is 1. The first kappa shape index (κ1) is 23.1. The number of amides is 1. The summed E-state index contributed by atoms with van der Waals surface area (Å²) >= 11 is 1.54. The van der Waals surface area contributed by atoms with Crippen molar-refractivity contribution in [3.63, 3.8) is 0 Å². The fourth-order valence-electron chi connectivity index (χ4n) is 4.49. The summed E-state index contributed by atoms with van der Waals surface area (Å²) < 4.78 is 19.0. The number of nitrogens with one attached hydrogen (secondary N) is 1. The Morgan fingerprint density at radius 1 is 1.40 bits per heavy atom. The molecule has 3 aromatic rings. The summed E-state index contributed by atoms with van der Waals surface area (Å²) in [6.45, 7) is 5.59. The highest BCUT2D eigenvalue weighted by molar-refractivity contribution is 7.08. The van der Waals surface area contributed by atoms with E-state index in [1.165, 1.54) is 7.11 Å². The van der Waals surface area contributed by atoms with Gasteiger partial charge in [-0.25, -0.2) is 9.67 Å². The van der Waals surface area contributed by atoms with Gasteiger partial charge in [-0.3, -0.25) is 10.2 Å². The molecular formula is C24H26N6O4S. The number of rotatable bonds is 5. The Kier molecular flexibility index (Phi) is 5.81. The van der Waals surface area contributed by atoms with Crippen LogP contribution in [-0.2, 0) is 11.3 Å². The fourth-order valence-corrected chi connectivity index (χ4v) is 5.10. The van der Waals surface area contributed by atoms with E-state index in [2.05, 4.69) is 4.99 Å². The first-order valence-electron chi connectivity index (χ1n) is 11.1. The monoisotopic (exact) mass is 494 g/mol. The number of hydrogen-bond acceptors (Lipinski definition) is 7. The van der Waals surface area contributed by atoms with Crippen molar-refractivity contribution in [1.29, 1.82) is 5.41 Å². The van der Waals surface area contributed by atoms with Gasteiger partial charge in [-0.1, -0.05) is 0 Å². The quantitative estimate of drug-likeness (QED) is 0.414. The van der Waals surface area contributed by atoms with Gasteiger partial charge in [0, 0.05) is 29.1 Å². The molecular weight excluding hydrogens is 468 g/mol. The predicted molar refractivity (Wildman–Crippen MR) is 133 cm³/mol. The molecule has 182 valence electrons. The van der Waals surface area contributed by atoms with Crippen LogP contribution in [0.3, 0.4) is 0 Å². The number of carbonyl (C=O) groups excluding carboxylic acids is 1. The second-order valence-electron chi connectivity index (χ2n) is 8.87. The minimum Gasteiger partial charge on any atom is -0.496 e. The standard InChI is InChI=1S/C24H26N6O4S/c1-24(2)12-33-6-5-29(24)23(31)20-17-10-34-19-9-18(32-3)16(22(26)27-13-25)8-15(19)21(17)30(28-20)14-4-7-35-11-14/h4,7-9,11,13H,5-6,10,12H2,1-3H3,(H3,25,26,27). The molecule has 1 fully saturated rings. The lowest BCUT2D eigenvalue weighted by Crippen LogP contribution is -2.55. The summed E-state index contributed by atoms with van der Waals surface area (Å²) in [6.07, 6.45) is 0.882. The highest BCUT2D eigenvalue weighted by Crippen LogP contribution is 2.44. The van der Waals surface area contributed by atoms with E-state index in [1.54, 1.807) is 22.1 Å². The normalized spacial score (nSPS) is 16.8. The summed E-state index contributed by atoms with van der Waals surface area (Å²) in [5, 5.41) is 16.1. The van der Waals surface area contributed by atoms with Crippen LogP contribution < -0.4 is 15.2 Å². The Labute approximate surface area is 206 Å². The Hall–Kier alpha value is -3.70. The number of fused-ring (bicyclic) bond motifs is 3. The van der Waals surface area contributed by atoms with Gasteiger partial charge in [-0.05, 0) is 31.4 Å². The van der Waals surface area contributed by atoms with Gasteiger partial charge in [0.2, 0.25) is 0 Å². The molecule has 0 atom stereocenters. The van der Waals surface area contributed by atoms with Gasteiger partial charge in [0.25, 0.3) is 5.91 Å². The van der Waals surface area contributed by atoms with Crippen molar-refractivity contribution in [2.24, 2.45) is 10.7 Å². The Morgan fingerprint density at radius 2 is 2.23 bits per heavy atom. The zero-order chi connectivity index (χ0) is 24.7. The zero-order valence-electron chi connectivity index (χ0n) is 19.7. The van der Waals surface area contributed by atoms with E-state index < -0.39 is 5.54 Å². The third-order valence-electron chi connectivity index (χ3n) is 6.24. The van der Waals surface area contributed by atoms with E-state index in [0.717, 1.165) is 17.7 Å². The van der Waals surface area contributed by atoms with Crippen LogP contribution in [0.5, 0.6) is 11.5 Å². The Balaban J connectivity index is 1.72. The van der Waals surface area contributed by atoms with E-state index >= 15 is 0 Å². The highest BCUT2D eigenvalue weighted by Gasteiger charge is 2.39. The van der Waals surface area contributed by atoms with E-state index in [9.17, 15) is 4.79 Å². The van der Waals surface area contributed by atoms with Gasteiger partial charge in [0.05, 0.1) is 42.8 Å². The summed E-state index contributed by atoms with van der Waals surface area (Å²) in [7, 11) is 1.54. The van der Waals surface area contributed by atoms with Crippen LogP contribution in [-0.4, -0.2) is 65.2 Å². The lowest BCUT2D eigenvalue weighted by Gasteiger charge is -2.41. The number of carbonyl (C=O) groups is 1. The summed E-state index contributed by atoms with van der Waals surface area (Å²) in [5.41, 5.74) is 9.56. The van der Waals surface area contributed by atoms with Crippen molar-refractivity contribution in [3.05, 3.63) is 45.8 Å². The van der Waals surface area contributed by atoms with Gasteiger partial charge >= 0.3 is 0 Å². The molecule has 2 aromatic heterocycles. The average Bonchev–Trinajstić information content (AvgIpc) is 3.50. The maximum atomic E-state index is 13.8. The molecule has 3 N–H and O–H groups in total. The molecule has 2 aliphatic rings. The van der Waals surface area contributed by atoms with Crippen molar-refractivity contribution >= 4 is 29.4 Å². The van der Waals surface area contributed by atoms with Gasteiger partial charge in [-0.15, -0.1) is 0 Å². The first-order valence-corrected chi connectivity index (χ1v) is 12.0. The van der Waals surface area contributed by atoms with Crippen LogP contribution in [0.2, 0.25) is 0 Å². The van der Waals surface area contributed by atoms with Crippen molar-refractivity contribution in [2.75, 3.05) is 26.9 Å². The Bertz CT molecular complexity index is 1330. The van der Waals surface area contributed by atoms with Crippen LogP contribution in [0.4, 0.5) is 0 Å². The number of nitrogens with two attached hydrogens (primary N) is 1. The van der Waals surface area contributed by atoms with Gasteiger partial charge in [0.1, 0.15) is 30.3 Å². The van der Waals surface area contributed by atoms with Crippen molar-refractivity contribution < 1.29 is 19.0 Å². The second-order valence-corrected chi connectivity index (χ2v) is 9.65. The molecule has 2 aliphatic heterocycles. The lowest BCUT2D eigenvalue weighted by molar-refractivity contribution is -0.0374. The van der Waals surface area contributed by atoms with E-state index in [4.69, 9.17) is 30.5 Å². The number of nitrogens with zero attached hydrogens (tertiary/aromatic N) is 4. The maximum absolute atomic E-state index is 13.8. The number of benzene rings is 1.